The van der Waals surface area contributed by atoms with Gasteiger partial charge >= 0.3 is 0 Å². The third-order valence-corrected chi connectivity index (χ3v) is 5.98. The molecule has 1 unspecified atom stereocenters. The van der Waals surface area contributed by atoms with Crippen molar-refractivity contribution in [1.29, 1.82) is 0 Å². The number of aryl methyl sites for hydroxylation is 2. The molecule has 7 heteroatoms. The van der Waals surface area contributed by atoms with Gasteiger partial charge in [-0.2, -0.15) is 0 Å². The van der Waals surface area contributed by atoms with E-state index in [4.69, 9.17) is 14.2 Å². The normalized spacial score (nSPS) is 22.6. The molecule has 0 amide bonds. The van der Waals surface area contributed by atoms with Gasteiger partial charge in [0, 0.05) is 48.1 Å². The smallest absolute Gasteiger partial charge is 0.257 e. The largest absolute Gasteiger partial charge is 0.493 e. The molecule has 0 spiro atoms. The Morgan fingerprint density at radius 1 is 1.13 bits per heavy atom. The topological polar surface area (TPSA) is 56.7 Å². The van der Waals surface area contributed by atoms with Crippen molar-refractivity contribution in [3.63, 3.8) is 0 Å². The lowest BCUT2D eigenvalue weighted by molar-refractivity contribution is 0.0551. The number of piperidine rings is 1. The first kappa shape index (κ1) is 20.8. The molecule has 0 saturated carbocycles. The second kappa shape index (κ2) is 8.76. The minimum absolute atomic E-state index is 0.163. The van der Waals surface area contributed by atoms with Crippen LogP contribution in [0, 0.1) is 25.6 Å². The van der Waals surface area contributed by atoms with Gasteiger partial charge in [0.25, 0.3) is 5.88 Å². The van der Waals surface area contributed by atoms with Crippen LogP contribution >= 0.6 is 0 Å². The number of ether oxygens (including phenoxy) is 3. The monoisotopic (exact) mass is 415 g/mol. The van der Waals surface area contributed by atoms with E-state index in [1.807, 2.05) is 32.9 Å². The summed E-state index contributed by atoms with van der Waals surface area (Å²) in [5, 5.41) is 0. The lowest BCUT2D eigenvalue weighted by atomic mass is 9.92. The van der Waals surface area contributed by atoms with E-state index < -0.39 is 0 Å². The first-order valence-corrected chi connectivity index (χ1v) is 10.7. The Hall–Kier alpha value is -2.41. The van der Waals surface area contributed by atoms with Gasteiger partial charge in [-0.25, -0.2) is 9.37 Å². The van der Waals surface area contributed by atoms with E-state index in [-0.39, 0.29) is 11.9 Å². The van der Waals surface area contributed by atoms with Gasteiger partial charge < -0.3 is 14.2 Å². The van der Waals surface area contributed by atoms with Gasteiger partial charge in [-0.15, -0.1) is 0 Å². The summed E-state index contributed by atoms with van der Waals surface area (Å²) in [6.45, 7) is 10.5. The van der Waals surface area contributed by atoms with Gasteiger partial charge in [-0.05, 0) is 40.5 Å². The van der Waals surface area contributed by atoms with E-state index in [1.165, 1.54) is 6.07 Å². The first-order chi connectivity index (χ1) is 14.4. The second-order valence-corrected chi connectivity index (χ2v) is 8.42. The molecule has 2 aliphatic heterocycles. The molecule has 0 aromatic carbocycles. The third-order valence-electron chi connectivity index (χ3n) is 5.98. The zero-order valence-electron chi connectivity index (χ0n) is 18.2. The molecule has 0 bridgehead atoms. The summed E-state index contributed by atoms with van der Waals surface area (Å²) in [6, 6.07) is 5.51. The molecule has 0 N–H and O–H groups in total. The van der Waals surface area contributed by atoms with E-state index in [1.54, 1.807) is 0 Å². The molecule has 6 nitrogen and oxygen atoms in total. The average Bonchev–Trinajstić information content (AvgIpc) is 2.71. The molecule has 4 heterocycles. The SMILES string of the molecule is Cc1cc(OC[C@@H]2CC[C@@H](C)N(C(C)c3nc4c(cc3F)OCCO4)C2)cc(C)n1. The number of fused-ring (bicyclic) bond motifs is 1. The van der Waals surface area contributed by atoms with Crippen LogP contribution in [0.1, 0.15) is 49.8 Å². The summed E-state index contributed by atoms with van der Waals surface area (Å²) in [5.41, 5.74) is 2.32. The molecule has 0 radical (unpaired) electrons. The maximum atomic E-state index is 14.8. The molecule has 3 atom stereocenters. The number of likely N-dealkylation sites (tertiary alicyclic amines) is 1. The van der Waals surface area contributed by atoms with Crippen molar-refractivity contribution in [1.82, 2.24) is 14.9 Å². The number of pyridine rings is 2. The maximum absolute atomic E-state index is 14.8. The molecule has 30 heavy (non-hydrogen) atoms. The van der Waals surface area contributed by atoms with Gasteiger partial charge in [-0.1, -0.05) is 0 Å². The van der Waals surface area contributed by atoms with E-state index in [9.17, 15) is 4.39 Å². The van der Waals surface area contributed by atoms with Crippen LogP contribution in [0.4, 0.5) is 4.39 Å². The lowest BCUT2D eigenvalue weighted by Crippen LogP contribution is -2.45. The molecule has 1 saturated heterocycles. The highest BCUT2D eigenvalue weighted by Gasteiger charge is 2.32. The van der Waals surface area contributed by atoms with Crippen LogP contribution in [0.2, 0.25) is 0 Å². The Kier molecular flexibility index (Phi) is 6.09. The quantitative estimate of drug-likeness (QED) is 0.728. The minimum Gasteiger partial charge on any atom is -0.493 e. The molecular weight excluding hydrogens is 385 g/mol. The zero-order chi connectivity index (χ0) is 21.3. The van der Waals surface area contributed by atoms with Crippen LogP contribution in [0.5, 0.6) is 17.4 Å². The fourth-order valence-electron chi connectivity index (χ4n) is 4.40. The van der Waals surface area contributed by atoms with Crippen molar-refractivity contribution in [2.24, 2.45) is 5.92 Å². The summed E-state index contributed by atoms with van der Waals surface area (Å²) in [7, 11) is 0. The number of hydrogen-bond donors (Lipinski definition) is 0. The number of aromatic nitrogens is 2. The van der Waals surface area contributed by atoms with Crippen LogP contribution in [-0.2, 0) is 0 Å². The van der Waals surface area contributed by atoms with Crippen molar-refractivity contribution < 1.29 is 18.6 Å². The summed E-state index contributed by atoms with van der Waals surface area (Å²) in [4.78, 5) is 11.2. The van der Waals surface area contributed by atoms with Crippen LogP contribution in [0.15, 0.2) is 18.2 Å². The Bertz CT molecular complexity index is 887. The van der Waals surface area contributed by atoms with Crippen molar-refractivity contribution in [3.8, 4) is 17.4 Å². The van der Waals surface area contributed by atoms with Gasteiger partial charge in [0.1, 0.15) is 24.8 Å². The van der Waals surface area contributed by atoms with E-state index in [0.717, 1.165) is 36.5 Å². The highest BCUT2D eigenvalue weighted by atomic mass is 19.1. The van der Waals surface area contributed by atoms with Gasteiger partial charge in [0.2, 0.25) is 0 Å². The van der Waals surface area contributed by atoms with Crippen molar-refractivity contribution >= 4 is 0 Å². The average molecular weight is 416 g/mol. The molecule has 0 aliphatic carbocycles. The highest BCUT2D eigenvalue weighted by molar-refractivity contribution is 5.37. The summed E-state index contributed by atoms with van der Waals surface area (Å²) >= 11 is 0. The van der Waals surface area contributed by atoms with Gasteiger partial charge in [-0.3, -0.25) is 9.88 Å². The summed E-state index contributed by atoms with van der Waals surface area (Å²) in [5.74, 6) is 1.66. The second-order valence-electron chi connectivity index (χ2n) is 8.42. The molecule has 2 aromatic heterocycles. The predicted molar refractivity (Wildman–Crippen MR) is 112 cm³/mol. The number of halogens is 1. The molecule has 2 aliphatic rings. The van der Waals surface area contributed by atoms with Crippen molar-refractivity contribution in [2.75, 3.05) is 26.4 Å². The molecule has 162 valence electrons. The fourth-order valence-corrected chi connectivity index (χ4v) is 4.40. The molecule has 4 rings (SSSR count). The Labute approximate surface area is 177 Å². The van der Waals surface area contributed by atoms with Crippen LogP contribution in [0.25, 0.3) is 0 Å². The van der Waals surface area contributed by atoms with E-state index >= 15 is 0 Å². The number of rotatable bonds is 5. The number of nitrogens with zero attached hydrogens (tertiary/aromatic N) is 3. The molecular formula is C23H30FN3O3. The Balaban J connectivity index is 1.45. The van der Waals surface area contributed by atoms with Gasteiger partial charge in [0.15, 0.2) is 5.75 Å². The summed E-state index contributed by atoms with van der Waals surface area (Å²) in [6.07, 6.45) is 2.13. The van der Waals surface area contributed by atoms with E-state index in [2.05, 4.69) is 21.8 Å². The Morgan fingerprint density at radius 3 is 2.63 bits per heavy atom. The van der Waals surface area contributed by atoms with Crippen molar-refractivity contribution in [2.45, 2.75) is 52.6 Å². The van der Waals surface area contributed by atoms with Crippen LogP contribution < -0.4 is 14.2 Å². The standard InChI is InChI=1S/C23H30FN3O3/c1-14-9-19(10-15(2)25-14)30-13-18-6-5-16(3)27(12-18)17(4)22-20(24)11-21-23(26-22)29-8-7-28-21/h9-11,16-18H,5-8,12-13H2,1-4H3/t16-,17?,18-/m1/s1. The van der Waals surface area contributed by atoms with Crippen LogP contribution in [0.3, 0.4) is 0 Å². The van der Waals surface area contributed by atoms with Crippen LogP contribution in [-0.4, -0.2) is 47.3 Å². The number of hydrogen-bond acceptors (Lipinski definition) is 6. The predicted octanol–water partition coefficient (Wildman–Crippen LogP) is 4.24. The maximum Gasteiger partial charge on any atom is 0.257 e. The summed E-state index contributed by atoms with van der Waals surface area (Å²) < 4.78 is 31.9. The lowest BCUT2D eigenvalue weighted by Gasteiger charge is -2.41. The van der Waals surface area contributed by atoms with Crippen molar-refractivity contribution in [3.05, 3.63) is 41.1 Å². The fraction of sp³-hybridized carbons (Fsp3) is 0.565. The molecule has 1 fully saturated rings. The third kappa shape index (κ3) is 4.51. The van der Waals surface area contributed by atoms with Gasteiger partial charge in [0.05, 0.1) is 18.3 Å². The highest BCUT2D eigenvalue weighted by Crippen LogP contribution is 2.36. The zero-order valence-corrected chi connectivity index (χ0v) is 18.2. The van der Waals surface area contributed by atoms with E-state index in [0.29, 0.717) is 49.1 Å². The minimum atomic E-state index is -0.347. The Morgan fingerprint density at radius 2 is 1.87 bits per heavy atom. The molecule has 2 aromatic rings. The first-order valence-electron chi connectivity index (χ1n) is 10.7.